The lowest BCUT2D eigenvalue weighted by atomic mass is 9.74. The van der Waals surface area contributed by atoms with Crippen LogP contribution in [0.4, 0.5) is 0 Å². The van der Waals surface area contributed by atoms with Gasteiger partial charge in [-0.2, -0.15) is 0 Å². The van der Waals surface area contributed by atoms with E-state index in [0.717, 1.165) is 0 Å². The van der Waals surface area contributed by atoms with Gasteiger partial charge in [0.1, 0.15) is 39.6 Å². The fourth-order valence-corrected chi connectivity index (χ4v) is 7.06. The average Bonchev–Trinajstić information content (AvgIpc) is 3.96. The summed E-state index contributed by atoms with van der Waals surface area (Å²) in [6, 6.07) is 25.4. The molecule has 1 saturated carbocycles. The summed E-state index contributed by atoms with van der Waals surface area (Å²) in [5, 5.41) is 26.7. The molecule has 0 radical (unpaired) electrons. The Balaban J connectivity index is 1.87. The van der Waals surface area contributed by atoms with Crippen molar-refractivity contribution in [2.45, 2.75) is 50.0 Å². The number of carbonyl (C=O) groups is 2. The molecule has 4 N–H and O–H groups in total. The number of carbonyl (C=O) groups excluding carboxylic acids is 2. The van der Waals surface area contributed by atoms with Gasteiger partial charge in [-0.1, -0.05) is 72.8 Å². The molecule has 0 spiro atoms. The maximum atomic E-state index is 15.1. The van der Waals surface area contributed by atoms with Crippen LogP contribution in [0.15, 0.2) is 97.1 Å². The Morgan fingerprint density at radius 2 is 0.878 bits per heavy atom. The van der Waals surface area contributed by atoms with Crippen LogP contribution >= 0.6 is 0 Å². The minimum absolute atomic E-state index is 0.223. The van der Waals surface area contributed by atoms with E-state index >= 15 is 4.79 Å². The summed E-state index contributed by atoms with van der Waals surface area (Å²) in [7, 11) is 5.97. The third kappa shape index (κ3) is 5.74. The number of hydrogen-bond acceptors (Lipinski definition) is 8. The average molecular weight is 669 g/mol. The van der Waals surface area contributed by atoms with Gasteiger partial charge in [-0.15, -0.1) is 0 Å². The Morgan fingerprint density at radius 3 is 1.10 bits per heavy atom. The van der Waals surface area contributed by atoms with Crippen LogP contribution in [0.1, 0.15) is 48.9 Å². The zero-order valence-electron chi connectivity index (χ0n) is 28.7. The fraction of sp³-hybridized carbons (Fsp3) is 0.333. The van der Waals surface area contributed by atoms with Crippen LogP contribution in [0.3, 0.4) is 0 Å². The van der Waals surface area contributed by atoms with Gasteiger partial charge in [0.15, 0.2) is 0 Å². The number of methoxy groups -OCH3 is 4. The Labute approximate surface area is 287 Å². The highest BCUT2D eigenvalue weighted by Gasteiger charge is 2.62. The highest BCUT2D eigenvalue weighted by Crippen LogP contribution is 2.53. The first-order valence-corrected chi connectivity index (χ1v) is 16.1. The zero-order chi connectivity index (χ0) is 35.6. The number of amides is 2. The van der Waals surface area contributed by atoms with E-state index in [0.29, 0.717) is 45.3 Å². The second kappa shape index (κ2) is 13.8. The summed E-state index contributed by atoms with van der Waals surface area (Å²) in [4.78, 5) is 29.5. The second-order valence-electron chi connectivity index (χ2n) is 12.3. The molecule has 49 heavy (non-hydrogen) atoms. The van der Waals surface area contributed by atoms with Gasteiger partial charge in [-0.25, -0.2) is 0 Å². The van der Waals surface area contributed by atoms with Crippen LogP contribution < -0.4 is 24.7 Å². The predicted molar refractivity (Wildman–Crippen MR) is 185 cm³/mol. The molecular weight excluding hydrogens is 624 g/mol. The number of nitrogens with two attached hydrogens (primary N) is 1. The lowest BCUT2D eigenvalue weighted by Crippen LogP contribution is -2.63. The highest BCUT2D eigenvalue weighted by molar-refractivity contribution is 6.07. The molecule has 4 aromatic carbocycles. The van der Waals surface area contributed by atoms with Crippen molar-refractivity contribution in [3.8, 4) is 23.0 Å². The van der Waals surface area contributed by atoms with Gasteiger partial charge < -0.3 is 39.8 Å². The summed E-state index contributed by atoms with van der Waals surface area (Å²) in [6.45, 7) is 3.35. The van der Waals surface area contributed by atoms with Gasteiger partial charge in [-0.05, 0) is 51.0 Å². The van der Waals surface area contributed by atoms with Crippen molar-refractivity contribution < 1.29 is 38.7 Å². The van der Waals surface area contributed by atoms with Crippen molar-refractivity contribution in [2.24, 2.45) is 11.1 Å². The quantitative estimate of drug-likeness (QED) is 0.163. The number of para-hydroxylation sites is 4. The van der Waals surface area contributed by atoms with Crippen molar-refractivity contribution in [3.05, 3.63) is 119 Å². The Bertz CT molecular complexity index is 1610. The molecule has 10 heteroatoms. The number of nitrogens with zero attached hydrogens (tertiary/aromatic N) is 1. The molecule has 0 heterocycles. The molecule has 2 atom stereocenters. The maximum Gasteiger partial charge on any atom is 0.238 e. The summed E-state index contributed by atoms with van der Waals surface area (Å²) >= 11 is 0. The van der Waals surface area contributed by atoms with Gasteiger partial charge >= 0.3 is 0 Å². The largest absolute Gasteiger partial charge is 0.496 e. The highest BCUT2D eigenvalue weighted by atomic mass is 16.5. The number of hydrogen-bond donors (Lipinski definition) is 3. The second-order valence-corrected chi connectivity index (χ2v) is 12.3. The molecule has 1 fully saturated rings. The molecule has 0 saturated heterocycles. The van der Waals surface area contributed by atoms with Crippen molar-refractivity contribution >= 4 is 11.8 Å². The molecule has 10 nitrogen and oxygen atoms in total. The molecule has 2 amide bonds. The topological polar surface area (TPSA) is 141 Å². The van der Waals surface area contributed by atoms with Crippen molar-refractivity contribution in [3.63, 3.8) is 0 Å². The SMILES string of the molecule is COc1ccccc1C(O)(c1ccccc1OC)[C@@H](C)N(C(=O)C1(C(N)=O)CC1)[C@H](C)C(O)(c1ccccc1OC)c1ccccc1OC. The van der Waals surface area contributed by atoms with Crippen molar-refractivity contribution in [1.82, 2.24) is 4.90 Å². The van der Waals surface area contributed by atoms with Crippen LogP contribution in [0.25, 0.3) is 0 Å². The molecule has 0 aliphatic heterocycles. The molecule has 258 valence electrons. The predicted octanol–water partition coefficient (Wildman–Crippen LogP) is 4.76. The first-order valence-electron chi connectivity index (χ1n) is 16.1. The van der Waals surface area contributed by atoms with Crippen LogP contribution in [-0.4, -0.2) is 67.5 Å². The van der Waals surface area contributed by atoms with E-state index in [1.807, 2.05) is 0 Å². The van der Waals surface area contributed by atoms with E-state index in [1.54, 1.807) is 111 Å². The van der Waals surface area contributed by atoms with E-state index < -0.39 is 40.5 Å². The van der Waals surface area contributed by atoms with E-state index in [-0.39, 0.29) is 12.8 Å². The minimum Gasteiger partial charge on any atom is -0.496 e. The molecule has 1 aliphatic carbocycles. The Hall–Kier alpha value is -5.06. The van der Waals surface area contributed by atoms with Crippen LogP contribution in [-0.2, 0) is 20.8 Å². The number of benzene rings is 4. The Kier molecular flexibility index (Phi) is 9.94. The van der Waals surface area contributed by atoms with E-state index in [9.17, 15) is 15.0 Å². The monoisotopic (exact) mass is 668 g/mol. The van der Waals surface area contributed by atoms with Crippen LogP contribution in [0, 0.1) is 5.41 Å². The van der Waals surface area contributed by atoms with Gasteiger partial charge in [0.05, 0.1) is 40.5 Å². The van der Waals surface area contributed by atoms with Gasteiger partial charge in [0.2, 0.25) is 11.8 Å². The van der Waals surface area contributed by atoms with E-state index in [1.165, 1.54) is 33.3 Å². The number of aliphatic hydroxyl groups is 2. The van der Waals surface area contributed by atoms with Crippen LogP contribution in [0.2, 0.25) is 0 Å². The molecular formula is C39H44N2O8. The number of ether oxygens (including phenoxy) is 4. The third-order valence-electron chi connectivity index (χ3n) is 9.98. The lowest BCUT2D eigenvalue weighted by Gasteiger charge is -2.50. The van der Waals surface area contributed by atoms with Gasteiger partial charge in [-0.3, -0.25) is 9.59 Å². The van der Waals surface area contributed by atoms with Crippen molar-refractivity contribution in [2.75, 3.05) is 28.4 Å². The molecule has 0 unspecified atom stereocenters. The molecule has 1 aliphatic rings. The molecule has 0 aromatic heterocycles. The smallest absolute Gasteiger partial charge is 0.238 e. The van der Waals surface area contributed by atoms with Gasteiger partial charge in [0, 0.05) is 22.3 Å². The van der Waals surface area contributed by atoms with Crippen molar-refractivity contribution in [1.29, 1.82) is 0 Å². The lowest BCUT2D eigenvalue weighted by molar-refractivity contribution is -0.159. The number of primary amides is 1. The summed E-state index contributed by atoms with van der Waals surface area (Å²) in [5.41, 5.74) is 1.67. The summed E-state index contributed by atoms with van der Waals surface area (Å²) in [6.07, 6.45) is 0.446. The van der Waals surface area contributed by atoms with E-state index in [4.69, 9.17) is 24.7 Å². The first kappa shape index (κ1) is 35.3. The number of rotatable bonds is 14. The molecule has 4 aromatic rings. The van der Waals surface area contributed by atoms with Gasteiger partial charge in [0.25, 0.3) is 0 Å². The fourth-order valence-electron chi connectivity index (χ4n) is 7.06. The molecule has 0 bridgehead atoms. The normalized spacial score (nSPS) is 15.0. The third-order valence-corrected chi connectivity index (χ3v) is 9.98. The molecule has 5 rings (SSSR count). The standard InChI is InChI=1S/C39H44N2O8/c1-25(38(44,27-15-7-11-19-31(27)46-3)28-16-8-12-20-32(28)47-4)41(36(43)37(23-24-37)35(40)42)26(2)39(45,29-17-9-13-21-33(29)48-5)30-18-10-14-22-34(30)49-6/h7-22,25-26,44-45H,23-24H2,1-6H3,(H2,40,42)/t25-,26-/m1/s1. The first-order chi connectivity index (χ1) is 23.5. The maximum absolute atomic E-state index is 15.1. The zero-order valence-corrected chi connectivity index (χ0v) is 28.7. The minimum atomic E-state index is -2.03. The Morgan fingerprint density at radius 1 is 0.612 bits per heavy atom. The summed E-state index contributed by atoms with van der Waals surface area (Å²) in [5.74, 6) is -0.0103. The summed E-state index contributed by atoms with van der Waals surface area (Å²) < 4.78 is 23.0. The van der Waals surface area contributed by atoms with Crippen LogP contribution in [0.5, 0.6) is 23.0 Å². The van der Waals surface area contributed by atoms with E-state index in [2.05, 4.69) is 0 Å².